The summed E-state index contributed by atoms with van der Waals surface area (Å²) in [5.41, 5.74) is 0.856. The average Bonchev–Trinajstić information content (AvgIpc) is 2.29. The summed E-state index contributed by atoms with van der Waals surface area (Å²) in [4.78, 5) is 12.0. The number of aliphatic hydroxyl groups excluding tert-OH is 1. The molecule has 0 aliphatic heterocycles. The lowest BCUT2D eigenvalue weighted by atomic mass is 9.88. The molecule has 0 radical (unpaired) electrons. The van der Waals surface area contributed by atoms with Crippen LogP contribution in [0.15, 0.2) is 18.2 Å². The van der Waals surface area contributed by atoms with E-state index < -0.39 is 0 Å². The van der Waals surface area contributed by atoms with Crippen LogP contribution < -0.4 is 5.32 Å². The number of hydrogen-bond acceptors (Lipinski definition) is 2. The Bertz CT molecular complexity index is 452. The molecule has 1 aromatic carbocycles. The van der Waals surface area contributed by atoms with Gasteiger partial charge in [0.25, 0.3) is 5.91 Å². The van der Waals surface area contributed by atoms with Crippen molar-refractivity contribution >= 4 is 5.91 Å². The van der Waals surface area contributed by atoms with Crippen molar-refractivity contribution in [1.82, 2.24) is 5.32 Å². The second-order valence-electron chi connectivity index (χ2n) is 6.08. The highest BCUT2D eigenvalue weighted by atomic mass is 19.1. The fourth-order valence-electron chi connectivity index (χ4n) is 1.96. The number of aliphatic hydroxyl groups is 1. The lowest BCUT2D eigenvalue weighted by molar-refractivity contribution is 0.0897. The lowest BCUT2D eigenvalue weighted by Crippen LogP contribution is -2.40. The molecule has 2 N–H and O–H groups in total. The Morgan fingerprint density at radius 3 is 2.53 bits per heavy atom. The van der Waals surface area contributed by atoms with Gasteiger partial charge in [0.1, 0.15) is 5.82 Å². The Balaban J connectivity index is 2.74. The van der Waals surface area contributed by atoms with Crippen LogP contribution in [-0.4, -0.2) is 23.7 Å². The maximum Gasteiger partial charge on any atom is 0.251 e. The number of halogens is 1. The van der Waals surface area contributed by atoms with Gasteiger partial charge in [-0.05, 0) is 42.5 Å². The van der Waals surface area contributed by atoms with E-state index in [1.54, 1.807) is 6.92 Å². The maximum absolute atomic E-state index is 13.1. The van der Waals surface area contributed by atoms with Crippen molar-refractivity contribution in [3.8, 4) is 0 Å². The fourth-order valence-corrected chi connectivity index (χ4v) is 1.96. The van der Waals surface area contributed by atoms with Crippen molar-refractivity contribution in [1.29, 1.82) is 0 Å². The third kappa shape index (κ3) is 4.99. The van der Waals surface area contributed by atoms with Crippen molar-refractivity contribution in [2.45, 2.75) is 40.2 Å². The molecule has 1 unspecified atom stereocenters. The Kier molecular flexibility index (Phi) is 5.06. The number of benzene rings is 1. The quantitative estimate of drug-likeness (QED) is 0.881. The first-order valence-corrected chi connectivity index (χ1v) is 6.41. The van der Waals surface area contributed by atoms with E-state index in [0.29, 0.717) is 17.5 Å². The van der Waals surface area contributed by atoms with E-state index in [0.717, 1.165) is 0 Å². The summed E-state index contributed by atoms with van der Waals surface area (Å²) < 4.78 is 13.1. The smallest absolute Gasteiger partial charge is 0.251 e. The number of nitrogens with one attached hydrogen (secondary N) is 1. The molecule has 0 saturated carbocycles. The zero-order valence-electron chi connectivity index (χ0n) is 12.0. The monoisotopic (exact) mass is 267 g/mol. The normalized spacial score (nSPS) is 13.2. The molecule has 1 atom stereocenters. The van der Waals surface area contributed by atoms with Gasteiger partial charge in [0, 0.05) is 5.56 Å². The number of carbonyl (C=O) groups excluding carboxylic acids is 1. The highest BCUT2D eigenvalue weighted by Gasteiger charge is 2.20. The maximum atomic E-state index is 13.1. The molecular weight excluding hydrogens is 245 g/mol. The van der Waals surface area contributed by atoms with Crippen LogP contribution in [0.3, 0.4) is 0 Å². The number of hydrogen-bond donors (Lipinski definition) is 2. The van der Waals surface area contributed by atoms with E-state index in [4.69, 9.17) is 0 Å². The minimum atomic E-state index is -0.329. The minimum Gasteiger partial charge on any atom is -0.394 e. The van der Waals surface area contributed by atoms with Crippen LogP contribution in [0.5, 0.6) is 0 Å². The molecule has 3 nitrogen and oxygen atoms in total. The first-order chi connectivity index (χ1) is 8.73. The van der Waals surface area contributed by atoms with Gasteiger partial charge < -0.3 is 10.4 Å². The van der Waals surface area contributed by atoms with Crippen LogP contribution in [0.2, 0.25) is 0 Å². The lowest BCUT2D eigenvalue weighted by Gasteiger charge is -2.25. The van der Waals surface area contributed by atoms with Crippen molar-refractivity contribution in [2.24, 2.45) is 5.41 Å². The average molecular weight is 267 g/mol. The van der Waals surface area contributed by atoms with Gasteiger partial charge in [-0.25, -0.2) is 4.39 Å². The topological polar surface area (TPSA) is 49.3 Å². The van der Waals surface area contributed by atoms with Crippen LogP contribution in [0.25, 0.3) is 0 Å². The van der Waals surface area contributed by atoms with Gasteiger partial charge in [-0.2, -0.15) is 0 Å². The molecule has 1 aromatic rings. The summed E-state index contributed by atoms with van der Waals surface area (Å²) in [6.07, 6.45) is 0.676. The Labute approximate surface area is 113 Å². The standard InChI is InChI=1S/C15H22FNO2/c1-10-7-11(5-6-13(10)16)14(19)17-12(9-18)8-15(2,3)4/h5-7,12,18H,8-9H2,1-4H3,(H,17,19). The largest absolute Gasteiger partial charge is 0.394 e. The summed E-state index contributed by atoms with van der Waals surface area (Å²) in [6, 6.07) is 3.94. The number of rotatable bonds is 4. The van der Waals surface area contributed by atoms with Gasteiger partial charge >= 0.3 is 0 Å². The number of amides is 1. The highest BCUT2D eigenvalue weighted by Crippen LogP contribution is 2.21. The Hall–Kier alpha value is -1.42. The Morgan fingerprint density at radius 2 is 2.05 bits per heavy atom. The highest BCUT2D eigenvalue weighted by molar-refractivity contribution is 5.94. The SMILES string of the molecule is Cc1cc(C(=O)NC(CO)CC(C)(C)C)ccc1F. The van der Waals surface area contributed by atoms with Crippen LogP contribution in [-0.2, 0) is 0 Å². The van der Waals surface area contributed by atoms with Crippen molar-refractivity contribution < 1.29 is 14.3 Å². The summed E-state index contributed by atoms with van der Waals surface area (Å²) in [5.74, 6) is -0.614. The van der Waals surface area contributed by atoms with Gasteiger partial charge in [0.2, 0.25) is 0 Å². The molecule has 1 amide bonds. The Morgan fingerprint density at radius 1 is 1.42 bits per heavy atom. The third-order valence-electron chi connectivity index (χ3n) is 2.83. The van der Waals surface area contributed by atoms with Gasteiger partial charge in [-0.15, -0.1) is 0 Å². The molecule has 4 heteroatoms. The van der Waals surface area contributed by atoms with E-state index in [2.05, 4.69) is 5.32 Å². The predicted molar refractivity (Wildman–Crippen MR) is 73.5 cm³/mol. The van der Waals surface area contributed by atoms with Crippen molar-refractivity contribution in [3.05, 3.63) is 35.1 Å². The molecule has 106 valence electrons. The van der Waals surface area contributed by atoms with Crippen LogP contribution in [0.4, 0.5) is 4.39 Å². The van der Waals surface area contributed by atoms with Crippen molar-refractivity contribution in [2.75, 3.05) is 6.61 Å². The molecule has 0 bridgehead atoms. The van der Waals surface area contributed by atoms with E-state index >= 15 is 0 Å². The molecule has 0 aromatic heterocycles. The first-order valence-electron chi connectivity index (χ1n) is 6.41. The molecule has 0 aliphatic carbocycles. The zero-order valence-corrected chi connectivity index (χ0v) is 12.0. The van der Waals surface area contributed by atoms with Gasteiger partial charge in [0.15, 0.2) is 0 Å². The minimum absolute atomic E-state index is 0.0133. The van der Waals surface area contributed by atoms with Gasteiger partial charge in [0.05, 0.1) is 12.6 Å². The van der Waals surface area contributed by atoms with E-state index in [9.17, 15) is 14.3 Å². The molecule has 0 fully saturated rings. The molecule has 0 saturated heterocycles. The van der Waals surface area contributed by atoms with Crippen LogP contribution in [0.1, 0.15) is 43.1 Å². The van der Waals surface area contributed by atoms with Crippen LogP contribution in [0, 0.1) is 18.2 Å². The molecule has 0 heterocycles. The summed E-state index contributed by atoms with van der Waals surface area (Å²) in [5, 5.41) is 12.1. The molecule has 1 rings (SSSR count). The van der Waals surface area contributed by atoms with E-state index in [1.165, 1.54) is 18.2 Å². The predicted octanol–water partition coefficient (Wildman–Crippen LogP) is 2.66. The number of aryl methyl sites for hydroxylation is 1. The first kappa shape index (κ1) is 15.6. The van der Waals surface area contributed by atoms with Crippen LogP contribution >= 0.6 is 0 Å². The van der Waals surface area contributed by atoms with Gasteiger partial charge in [-0.3, -0.25) is 4.79 Å². The summed E-state index contributed by atoms with van der Waals surface area (Å²) in [7, 11) is 0. The fraction of sp³-hybridized carbons (Fsp3) is 0.533. The molecular formula is C15H22FNO2. The van der Waals surface area contributed by atoms with Gasteiger partial charge in [-0.1, -0.05) is 20.8 Å². The second-order valence-corrected chi connectivity index (χ2v) is 6.08. The second kappa shape index (κ2) is 6.15. The van der Waals surface area contributed by atoms with E-state index in [1.807, 2.05) is 20.8 Å². The third-order valence-corrected chi connectivity index (χ3v) is 2.83. The van der Waals surface area contributed by atoms with E-state index in [-0.39, 0.29) is 29.8 Å². The molecule has 0 aliphatic rings. The van der Waals surface area contributed by atoms with Crippen molar-refractivity contribution in [3.63, 3.8) is 0 Å². The molecule has 19 heavy (non-hydrogen) atoms. The molecule has 0 spiro atoms. The number of carbonyl (C=O) groups is 1. The zero-order chi connectivity index (χ0) is 14.6. The summed E-state index contributed by atoms with van der Waals surface area (Å²) in [6.45, 7) is 7.64. The summed E-state index contributed by atoms with van der Waals surface area (Å²) >= 11 is 0.